The minimum atomic E-state index is 0. The molecular weight excluding hydrogens is 619 g/mol. The molecule has 0 amide bonds. The number of pyridine rings is 1. The van der Waals surface area contributed by atoms with E-state index in [-0.39, 0.29) is 20.1 Å². The third-order valence-corrected chi connectivity index (χ3v) is 8.35. The van der Waals surface area contributed by atoms with Gasteiger partial charge in [0.05, 0.1) is 0 Å². The first kappa shape index (κ1) is 20.7. The van der Waals surface area contributed by atoms with Gasteiger partial charge >= 0.3 is 0 Å². The molecule has 0 aliphatic heterocycles. The molecule has 7 rings (SSSR count). The Labute approximate surface area is 212 Å². The van der Waals surface area contributed by atoms with Crippen molar-refractivity contribution in [1.82, 2.24) is 4.98 Å². The second-order valence-electron chi connectivity index (χ2n) is 7.90. The van der Waals surface area contributed by atoms with E-state index in [1.54, 1.807) is 0 Å². The van der Waals surface area contributed by atoms with Gasteiger partial charge in [-0.2, -0.15) is 0 Å². The van der Waals surface area contributed by atoms with Crippen LogP contribution in [0.15, 0.2) is 97.2 Å². The topological polar surface area (TPSA) is 12.9 Å². The van der Waals surface area contributed by atoms with Crippen LogP contribution in [0.3, 0.4) is 0 Å². The average molecular weight is 635 g/mol. The summed E-state index contributed by atoms with van der Waals surface area (Å²) >= 11 is 3.79. The van der Waals surface area contributed by atoms with Crippen molar-refractivity contribution in [3.63, 3.8) is 0 Å². The van der Waals surface area contributed by atoms with Crippen LogP contribution >= 0.6 is 22.7 Å². The first-order valence-corrected chi connectivity index (χ1v) is 12.2. The summed E-state index contributed by atoms with van der Waals surface area (Å²) in [4.78, 5) is 4.64. The Balaban J connectivity index is 0.00000206. The van der Waals surface area contributed by atoms with Crippen molar-refractivity contribution in [2.45, 2.75) is 0 Å². The average Bonchev–Trinajstić information content (AvgIpc) is 3.42. The van der Waals surface area contributed by atoms with Crippen LogP contribution < -0.4 is 0 Å². The number of nitrogens with zero attached hydrogens (tertiary/aromatic N) is 1. The van der Waals surface area contributed by atoms with Crippen molar-refractivity contribution in [2.24, 2.45) is 0 Å². The summed E-state index contributed by atoms with van der Waals surface area (Å²) in [6.07, 6.45) is 1.92. The van der Waals surface area contributed by atoms with Gasteiger partial charge in [0.2, 0.25) is 0 Å². The van der Waals surface area contributed by atoms with Crippen molar-refractivity contribution >= 4 is 63.0 Å². The molecule has 159 valence electrons. The summed E-state index contributed by atoms with van der Waals surface area (Å²) in [6, 6.07) is 35.6. The minimum Gasteiger partial charge on any atom is -0.305 e. The van der Waals surface area contributed by atoms with E-state index in [0.717, 1.165) is 11.3 Å². The molecule has 3 aromatic heterocycles. The molecule has 0 N–H and O–H groups in total. The van der Waals surface area contributed by atoms with Gasteiger partial charge in [-0.15, -0.1) is 58.6 Å². The van der Waals surface area contributed by atoms with Gasteiger partial charge in [-0.25, -0.2) is 0 Å². The Morgan fingerprint density at radius 3 is 2.18 bits per heavy atom. The monoisotopic (exact) mass is 635 g/mol. The molecule has 4 aromatic carbocycles. The van der Waals surface area contributed by atoms with E-state index in [0.29, 0.717) is 0 Å². The minimum absolute atomic E-state index is 0. The number of benzene rings is 4. The molecule has 1 radical (unpaired) electrons. The van der Waals surface area contributed by atoms with Crippen molar-refractivity contribution in [1.29, 1.82) is 0 Å². The zero-order valence-corrected chi connectivity index (χ0v) is 21.4. The number of fused-ring (bicyclic) bond motifs is 7. The predicted octanol–water partition coefficient (Wildman–Crippen LogP) is 8.95. The summed E-state index contributed by atoms with van der Waals surface area (Å²) in [5.74, 6) is 0. The normalized spacial score (nSPS) is 11.4. The largest absolute Gasteiger partial charge is 0.305 e. The number of rotatable bonds is 2. The second-order valence-corrected chi connectivity index (χ2v) is 10.0. The molecule has 1 nitrogen and oxygen atoms in total. The maximum atomic E-state index is 4.64. The summed E-state index contributed by atoms with van der Waals surface area (Å²) in [5, 5.41) is 5.40. The zero-order chi connectivity index (χ0) is 21.1. The molecule has 0 atom stereocenters. The smallest absolute Gasteiger partial charge is 0.0454 e. The molecule has 0 spiro atoms. The molecule has 0 aliphatic rings. The van der Waals surface area contributed by atoms with Gasteiger partial charge in [-0.05, 0) is 41.1 Å². The molecule has 0 unspecified atom stereocenters. The van der Waals surface area contributed by atoms with Gasteiger partial charge in [0.1, 0.15) is 0 Å². The van der Waals surface area contributed by atoms with Crippen LogP contribution in [0, 0.1) is 6.07 Å². The first-order chi connectivity index (χ1) is 15.9. The van der Waals surface area contributed by atoms with Crippen molar-refractivity contribution in [3.8, 4) is 22.4 Å². The quantitative estimate of drug-likeness (QED) is 0.173. The van der Waals surface area contributed by atoms with E-state index in [9.17, 15) is 0 Å². The molecule has 0 bridgehead atoms. The molecular formula is C29H16IrNS2-. The van der Waals surface area contributed by atoms with Gasteiger partial charge in [-0.3, -0.25) is 0 Å². The van der Waals surface area contributed by atoms with E-state index in [1.807, 2.05) is 47.1 Å². The van der Waals surface area contributed by atoms with E-state index in [4.69, 9.17) is 0 Å². The van der Waals surface area contributed by atoms with E-state index in [1.165, 1.54) is 51.5 Å². The van der Waals surface area contributed by atoms with Crippen LogP contribution in [-0.4, -0.2) is 4.98 Å². The fraction of sp³-hybridized carbons (Fsp3) is 0. The summed E-state index contributed by atoms with van der Waals surface area (Å²) in [7, 11) is 0. The van der Waals surface area contributed by atoms with Gasteiger partial charge in [0.25, 0.3) is 0 Å². The summed E-state index contributed by atoms with van der Waals surface area (Å²) in [6.45, 7) is 0. The Bertz CT molecular complexity index is 1780. The molecule has 3 heterocycles. The summed E-state index contributed by atoms with van der Waals surface area (Å²) < 4.78 is 5.38. The van der Waals surface area contributed by atoms with Gasteiger partial charge in [-0.1, -0.05) is 42.5 Å². The fourth-order valence-electron chi connectivity index (χ4n) is 4.62. The van der Waals surface area contributed by atoms with Crippen LogP contribution in [0.5, 0.6) is 0 Å². The predicted molar refractivity (Wildman–Crippen MR) is 140 cm³/mol. The van der Waals surface area contributed by atoms with Crippen molar-refractivity contribution in [2.75, 3.05) is 0 Å². The van der Waals surface area contributed by atoms with Crippen LogP contribution in [0.25, 0.3) is 62.7 Å². The van der Waals surface area contributed by atoms with Crippen molar-refractivity contribution < 1.29 is 20.1 Å². The van der Waals surface area contributed by atoms with Gasteiger partial charge < -0.3 is 4.98 Å². The molecule has 0 fully saturated rings. The van der Waals surface area contributed by atoms with E-state index in [2.05, 4.69) is 83.8 Å². The van der Waals surface area contributed by atoms with Crippen LogP contribution in [0.1, 0.15) is 0 Å². The van der Waals surface area contributed by atoms with Crippen molar-refractivity contribution in [3.05, 3.63) is 103 Å². The third kappa shape index (κ3) is 3.25. The number of hydrogen-bond acceptors (Lipinski definition) is 3. The van der Waals surface area contributed by atoms with Gasteiger partial charge in [0, 0.05) is 66.6 Å². The standard InChI is InChI=1S/C29H16NS2.Ir/c1-2-8-18(9-3-1)23-16-19(14-15-30-23)22-17-26-28(21-11-5-6-12-24(21)31-26)29-27(22)20-10-4-7-13-25(20)32-29;/h1-8,10-17H;/q-1;. The molecule has 33 heavy (non-hydrogen) atoms. The van der Waals surface area contributed by atoms with Gasteiger partial charge in [0.15, 0.2) is 0 Å². The number of aromatic nitrogens is 1. The van der Waals surface area contributed by atoms with E-state index >= 15 is 0 Å². The third-order valence-electron chi connectivity index (χ3n) is 6.05. The van der Waals surface area contributed by atoms with Crippen LogP contribution in [0.4, 0.5) is 0 Å². The molecule has 7 aromatic rings. The fourth-order valence-corrected chi connectivity index (χ4v) is 7.13. The zero-order valence-electron chi connectivity index (χ0n) is 17.3. The molecule has 0 saturated heterocycles. The second kappa shape index (κ2) is 8.16. The van der Waals surface area contributed by atoms with Crippen LogP contribution in [0.2, 0.25) is 0 Å². The molecule has 0 aliphatic carbocycles. The maximum Gasteiger partial charge on any atom is 0.0454 e. The number of thiophene rings is 2. The maximum absolute atomic E-state index is 4.64. The Morgan fingerprint density at radius 1 is 0.667 bits per heavy atom. The SMILES string of the molecule is [Ir].[c-]1ccccc1-c1cc(-c2cc3sc4ccccc4c3c3sc4ccccc4c23)ccn1. The Morgan fingerprint density at radius 2 is 1.39 bits per heavy atom. The number of hydrogen-bond donors (Lipinski definition) is 0. The van der Waals surface area contributed by atoms with E-state index < -0.39 is 0 Å². The molecule has 4 heteroatoms. The Kier molecular flexibility index (Phi) is 5.12. The summed E-state index contributed by atoms with van der Waals surface area (Å²) in [5.41, 5.74) is 4.44. The van der Waals surface area contributed by atoms with Crippen LogP contribution in [-0.2, 0) is 20.1 Å². The first-order valence-electron chi connectivity index (χ1n) is 10.6. The Hall–Kier alpha value is -2.88. The molecule has 0 saturated carbocycles.